The van der Waals surface area contributed by atoms with Crippen molar-refractivity contribution < 1.29 is 24.2 Å². The number of esters is 1. The Kier molecular flexibility index (Phi) is 9.73. The number of hydrogen-bond donors (Lipinski definition) is 1. The van der Waals surface area contributed by atoms with E-state index in [1.165, 1.54) is 4.90 Å². The third-order valence-electron chi connectivity index (χ3n) is 8.41. The first kappa shape index (κ1) is 30.7. The van der Waals surface area contributed by atoms with Crippen LogP contribution >= 0.6 is 27.7 Å². The Hall–Kier alpha value is -2.30. The quantitative estimate of drug-likeness (QED) is 0.152. The highest BCUT2D eigenvalue weighted by Gasteiger charge is 2.76. The fraction of sp³-hybridized carbons (Fsp3) is 0.567. The third-order valence-corrected chi connectivity index (χ3v) is 11.6. The Morgan fingerprint density at radius 3 is 2.45 bits per heavy atom. The van der Waals surface area contributed by atoms with Gasteiger partial charge in [-0.15, -0.1) is 24.9 Å². The normalized spacial score (nSPS) is 29.2. The molecule has 0 saturated carbocycles. The number of aliphatic hydroxyl groups excluding tert-OH is 1. The van der Waals surface area contributed by atoms with Gasteiger partial charge in [-0.25, -0.2) is 0 Å². The number of thioether (sulfide) groups is 1. The number of ether oxygens (including phenoxy) is 1. The number of carbonyl (C=O) groups excluding carboxylic acids is 3. The maximum Gasteiger partial charge on any atom is 0.310 e. The van der Waals surface area contributed by atoms with Crippen LogP contribution in [0.2, 0.25) is 0 Å². The monoisotopic (exact) mass is 633 g/mol. The van der Waals surface area contributed by atoms with E-state index in [4.69, 9.17) is 4.74 Å². The molecule has 7 atom stereocenters. The van der Waals surface area contributed by atoms with E-state index in [2.05, 4.69) is 47.8 Å². The molecule has 1 aromatic rings. The summed E-state index contributed by atoms with van der Waals surface area (Å²) in [5, 5.41) is 9.96. The van der Waals surface area contributed by atoms with Gasteiger partial charge in [0.2, 0.25) is 5.91 Å². The van der Waals surface area contributed by atoms with Gasteiger partial charge in [-0.1, -0.05) is 28.1 Å². The second-order valence-electron chi connectivity index (χ2n) is 10.6. The number of anilines is 2. The number of nitrogens with zero attached hydrogens (tertiary/aromatic N) is 3. The van der Waals surface area contributed by atoms with Gasteiger partial charge in [-0.05, 0) is 57.9 Å². The summed E-state index contributed by atoms with van der Waals surface area (Å²) in [5.41, 5.74) is 1.77. The van der Waals surface area contributed by atoms with Crippen LogP contribution in [0.4, 0.5) is 11.4 Å². The SMILES string of the molecule is C=CCCOC(=O)[C@H]1[C@H]2C(=O)N([C@H](C)CO)C(C(=O)N(CC=C)c3ccc(N(CC)CC)cc3)C23CC(Br)[C@@H]1S3. The highest BCUT2D eigenvalue weighted by molar-refractivity contribution is 9.09. The lowest BCUT2D eigenvalue weighted by Crippen LogP contribution is -2.57. The first-order valence-electron chi connectivity index (χ1n) is 14.0. The van der Waals surface area contributed by atoms with Gasteiger partial charge in [0.25, 0.3) is 5.91 Å². The molecule has 3 aliphatic rings. The van der Waals surface area contributed by atoms with E-state index in [0.29, 0.717) is 18.5 Å². The van der Waals surface area contributed by atoms with Gasteiger partial charge in [-0.3, -0.25) is 14.4 Å². The van der Waals surface area contributed by atoms with Crippen LogP contribution in [0, 0.1) is 11.8 Å². The Labute approximate surface area is 249 Å². The molecule has 3 aliphatic heterocycles. The number of likely N-dealkylation sites (tertiary alicyclic amines) is 1. The fourth-order valence-corrected chi connectivity index (χ4v) is 10.1. The van der Waals surface area contributed by atoms with Crippen LogP contribution in [0.5, 0.6) is 0 Å². The molecule has 0 radical (unpaired) electrons. The van der Waals surface area contributed by atoms with Crippen LogP contribution in [0.15, 0.2) is 49.6 Å². The molecule has 3 heterocycles. The van der Waals surface area contributed by atoms with E-state index in [9.17, 15) is 19.5 Å². The van der Waals surface area contributed by atoms with Crippen molar-refractivity contribution in [2.75, 3.05) is 42.6 Å². The highest BCUT2D eigenvalue weighted by atomic mass is 79.9. The number of hydrogen-bond acceptors (Lipinski definition) is 7. The maximum atomic E-state index is 14.6. The Morgan fingerprint density at radius 1 is 1.23 bits per heavy atom. The smallest absolute Gasteiger partial charge is 0.310 e. The number of halogens is 1. The summed E-state index contributed by atoms with van der Waals surface area (Å²) < 4.78 is 4.75. The minimum absolute atomic E-state index is 0.0561. The topological polar surface area (TPSA) is 90.4 Å². The van der Waals surface area contributed by atoms with Crippen LogP contribution < -0.4 is 9.80 Å². The van der Waals surface area contributed by atoms with E-state index in [0.717, 1.165) is 18.8 Å². The van der Waals surface area contributed by atoms with Gasteiger partial charge in [0.15, 0.2) is 0 Å². The van der Waals surface area contributed by atoms with Crippen LogP contribution in [0.3, 0.4) is 0 Å². The van der Waals surface area contributed by atoms with Crippen molar-refractivity contribution in [2.24, 2.45) is 11.8 Å². The molecule has 1 N–H and O–H groups in total. The van der Waals surface area contributed by atoms with Gasteiger partial charge in [0.05, 0.1) is 35.8 Å². The predicted molar refractivity (Wildman–Crippen MR) is 164 cm³/mol. The van der Waals surface area contributed by atoms with Crippen molar-refractivity contribution >= 4 is 56.9 Å². The fourth-order valence-electron chi connectivity index (χ4n) is 6.55. The molecule has 8 nitrogen and oxygen atoms in total. The summed E-state index contributed by atoms with van der Waals surface area (Å²) in [6.45, 7) is 15.4. The molecule has 0 aromatic heterocycles. The lowest BCUT2D eigenvalue weighted by atomic mass is 9.71. The molecule has 3 fully saturated rings. The van der Waals surface area contributed by atoms with Crippen molar-refractivity contribution in [1.29, 1.82) is 0 Å². The number of fused-ring (bicyclic) bond motifs is 1. The predicted octanol–water partition coefficient (Wildman–Crippen LogP) is 4.02. The zero-order valence-electron chi connectivity index (χ0n) is 23.5. The zero-order valence-corrected chi connectivity index (χ0v) is 25.9. The summed E-state index contributed by atoms with van der Waals surface area (Å²) in [5.74, 6) is -2.29. The number of carbonyl (C=O) groups is 3. The second kappa shape index (κ2) is 12.7. The number of rotatable bonds is 13. The lowest BCUT2D eigenvalue weighted by molar-refractivity contribution is -0.154. The molecule has 218 valence electrons. The maximum absolute atomic E-state index is 14.6. The molecule has 3 unspecified atom stereocenters. The first-order valence-corrected chi connectivity index (χ1v) is 15.8. The van der Waals surface area contributed by atoms with Crippen LogP contribution in [0.25, 0.3) is 0 Å². The van der Waals surface area contributed by atoms with Crippen LogP contribution in [-0.2, 0) is 19.1 Å². The molecule has 2 amide bonds. The zero-order chi connectivity index (χ0) is 29.2. The van der Waals surface area contributed by atoms with Crippen LogP contribution in [0.1, 0.15) is 33.6 Å². The summed E-state index contributed by atoms with van der Waals surface area (Å²) in [7, 11) is 0. The largest absolute Gasteiger partial charge is 0.465 e. The molecular formula is C30H40BrN3O5S. The van der Waals surface area contributed by atoms with Crippen LogP contribution in [-0.4, -0.2) is 87.5 Å². The number of amides is 2. The number of aliphatic hydroxyl groups is 1. The third kappa shape index (κ3) is 5.11. The summed E-state index contributed by atoms with van der Waals surface area (Å²) in [4.78, 5) is 47.4. The standard InChI is InChI=1S/C30H40BrN3O5S/c1-6-10-16-39-29(38)23-24-27(36)34(19(5)18-35)26(30(24)17-22(31)25(23)40-30)28(37)33(15-7-2)21-13-11-20(12-14-21)32(8-3)9-4/h6-7,11-14,19,22-26,35H,1-2,8-10,15-18H2,3-5H3/t19-,22?,23+,24+,25+,26?,30?/m1/s1. The van der Waals surface area contributed by atoms with E-state index in [1.54, 1.807) is 35.7 Å². The molecule has 1 aromatic carbocycles. The van der Waals surface area contributed by atoms with Crippen molar-refractivity contribution in [1.82, 2.24) is 4.90 Å². The molecule has 4 rings (SSSR count). The van der Waals surface area contributed by atoms with Crippen molar-refractivity contribution in [3.63, 3.8) is 0 Å². The van der Waals surface area contributed by atoms with E-state index >= 15 is 0 Å². The summed E-state index contributed by atoms with van der Waals surface area (Å²) in [6.07, 6.45) is 4.44. The second-order valence-corrected chi connectivity index (χ2v) is 13.3. The molecule has 10 heteroatoms. The highest BCUT2D eigenvalue weighted by Crippen LogP contribution is 2.68. The molecule has 1 spiro atoms. The Balaban J connectivity index is 1.74. The number of alkyl halides is 1. The van der Waals surface area contributed by atoms with Gasteiger partial charge < -0.3 is 24.5 Å². The lowest BCUT2D eigenvalue weighted by Gasteiger charge is -2.39. The minimum atomic E-state index is -0.851. The minimum Gasteiger partial charge on any atom is -0.465 e. The van der Waals surface area contributed by atoms with Gasteiger partial charge in [-0.2, -0.15) is 0 Å². The van der Waals surface area contributed by atoms with Crippen molar-refractivity contribution in [3.05, 3.63) is 49.6 Å². The van der Waals surface area contributed by atoms with E-state index in [-0.39, 0.29) is 41.6 Å². The van der Waals surface area contributed by atoms with Crippen molar-refractivity contribution in [3.8, 4) is 0 Å². The van der Waals surface area contributed by atoms with E-state index < -0.39 is 34.6 Å². The van der Waals surface area contributed by atoms with Gasteiger partial charge in [0.1, 0.15) is 6.04 Å². The Morgan fingerprint density at radius 2 is 1.88 bits per heavy atom. The summed E-state index contributed by atoms with van der Waals surface area (Å²) in [6, 6.07) is 6.40. The van der Waals surface area contributed by atoms with Gasteiger partial charge >= 0.3 is 5.97 Å². The average molecular weight is 635 g/mol. The van der Waals surface area contributed by atoms with E-state index in [1.807, 2.05) is 24.3 Å². The van der Waals surface area contributed by atoms with Gasteiger partial charge in [0, 0.05) is 41.1 Å². The molecule has 0 aliphatic carbocycles. The molecule has 2 bridgehead atoms. The summed E-state index contributed by atoms with van der Waals surface area (Å²) >= 11 is 5.32. The average Bonchev–Trinajstić information content (AvgIpc) is 3.55. The molecule has 3 saturated heterocycles. The first-order chi connectivity index (χ1) is 19.2. The number of benzene rings is 1. The van der Waals surface area contributed by atoms with Crippen molar-refractivity contribution in [2.45, 2.75) is 60.5 Å². The molecular weight excluding hydrogens is 594 g/mol. The Bertz CT molecular complexity index is 1130. The molecule has 40 heavy (non-hydrogen) atoms.